The highest BCUT2D eigenvalue weighted by molar-refractivity contribution is 5.84. The number of carbonyl (C=O) groups is 1. The molecule has 0 unspecified atom stereocenters. The number of rotatable bonds is 3. The molecule has 1 aromatic carbocycles. The number of nitrogens with two attached hydrogens (primary N) is 1. The first-order valence-corrected chi connectivity index (χ1v) is 5.72. The van der Waals surface area contributed by atoms with Crippen LogP contribution in [-0.4, -0.2) is 22.1 Å². The van der Waals surface area contributed by atoms with Crippen molar-refractivity contribution < 1.29 is 9.90 Å². The molecule has 1 atom stereocenters. The molecule has 4 nitrogen and oxygen atoms in total. The van der Waals surface area contributed by atoms with Crippen LogP contribution in [-0.2, 0) is 11.2 Å². The molecule has 2 aromatic rings. The first kappa shape index (κ1) is 13.3. The van der Waals surface area contributed by atoms with E-state index in [-0.39, 0.29) is 0 Å². The molecule has 92 valence electrons. The van der Waals surface area contributed by atoms with Crippen LogP contribution in [0.4, 0.5) is 0 Å². The number of carboxylic acids is 1. The van der Waals surface area contributed by atoms with Crippen LogP contribution in [0.3, 0.4) is 0 Å². The third-order valence-electron chi connectivity index (χ3n) is 2.43. The van der Waals surface area contributed by atoms with Crippen LogP contribution in [0.1, 0.15) is 19.4 Å². The summed E-state index contributed by atoms with van der Waals surface area (Å²) < 4.78 is 0. The van der Waals surface area contributed by atoms with Crippen molar-refractivity contribution in [2.45, 2.75) is 26.3 Å². The van der Waals surface area contributed by atoms with Gasteiger partial charge in [-0.15, -0.1) is 0 Å². The van der Waals surface area contributed by atoms with E-state index in [1.54, 1.807) is 0 Å². The van der Waals surface area contributed by atoms with Gasteiger partial charge < -0.3 is 15.8 Å². The highest BCUT2D eigenvalue weighted by Crippen LogP contribution is 2.18. The molecule has 0 fully saturated rings. The van der Waals surface area contributed by atoms with Gasteiger partial charge >= 0.3 is 5.97 Å². The van der Waals surface area contributed by atoms with E-state index in [1.165, 1.54) is 0 Å². The Morgan fingerprint density at radius 3 is 2.71 bits per heavy atom. The molecule has 4 heteroatoms. The summed E-state index contributed by atoms with van der Waals surface area (Å²) >= 11 is 0. The maximum atomic E-state index is 10.6. The molecule has 2 rings (SSSR count). The lowest BCUT2D eigenvalue weighted by atomic mass is 10.1. The summed E-state index contributed by atoms with van der Waals surface area (Å²) in [5, 5.41) is 9.75. The van der Waals surface area contributed by atoms with E-state index in [0.29, 0.717) is 6.42 Å². The molecule has 17 heavy (non-hydrogen) atoms. The lowest BCUT2D eigenvalue weighted by molar-refractivity contribution is -0.138. The van der Waals surface area contributed by atoms with E-state index >= 15 is 0 Å². The standard InChI is InChI=1S/C11H12N2O2.C2H6/c12-9(11(14)15)5-7-6-13-10-4-2-1-3-8(7)10;1-2/h1-4,6,9,13H,5,12H2,(H,14,15);1-2H3/t9-;/m0./s1. The number of aliphatic carboxylic acids is 1. The highest BCUT2D eigenvalue weighted by Gasteiger charge is 2.14. The van der Waals surface area contributed by atoms with Gasteiger partial charge in [0.25, 0.3) is 0 Å². The third-order valence-corrected chi connectivity index (χ3v) is 2.43. The molecule has 0 amide bonds. The normalized spacial score (nSPS) is 11.7. The summed E-state index contributed by atoms with van der Waals surface area (Å²) in [6, 6.07) is 6.91. The summed E-state index contributed by atoms with van der Waals surface area (Å²) in [4.78, 5) is 13.7. The summed E-state index contributed by atoms with van der Waals surface area (Å²) in [5.74, 6) is -0.972. The average molecular weight is 234 g/mol. The van der Waals surface area contributed by atoms with Gasteiger partial charge in [0, 0.05) is 23.5 Å². The maximum absolute atomic E-state index is 10.6. The van der Waals surface area contributed by atoms with Gasteiger partial charge in [-0.3, -0.25) is 4.79 Å². The molecule has 0 bridgehead atoms. The minimum absolute atomic E-state index is 0.347. The fourth-order valence-corrected chi connectivity index (χ4v) is 1.62. The molecular formula is C13H18N2O2. The van der Waals surface area contributed by atoms with Crippen molar-refractivity contribution in [1.82, 2.24) is 4.98 Å². The Hall–Kier alpha value is -1.81. The van der Waals surface area contributed by atoms with E-state index in [1.807, 2.05) is 44.3 Å². The summed E-state index contributed by atoms with van der Waals surface area (Å²) in [6.07, 6.45) is 2.16. The lowest BCUT2D eigenvalue weighted by Crippen LogP contribution is -2.32. The number of aromatic nitrogens is 1. The summed E-state index contributed by atoms with van der Waals surface area (Å²) in [7, 11) is 0. The predicted octanol–water partition coefficient (Wildman–Crippen LogP) is 2.15. The van der Waals surface area contributed by atoms with E-state index in [0.717, 1.165) is 16.5 Å². The number of carboxylic acid groups (broad SMARTS) is 1. The van der Waals surface area contributed by atoms with E-state index in [2.05, 4.69) is 4.98 Å². The molecule has 0 aliphatic heterocycles. The van der Waals surface area contributed by atoms with E-state index in [4.69, 9.17) is 10.8 Å². The first-order chi connectivity index (χ1) is 8.18. The molecule has 0 radical (unpaired) electrons. The quantitative estimate of drug-likeness (QED) is 0.761. The van der Waals surface area contributed by atoms with Crippen molar-refractivity contribution in [2.75, 3.05) is 0 Å². The monoisotopic (exact) mass is 234 g/mol. The van der Waals surface area contributed by atoms with Crippen LogP contribution in [0.25, 0.3) is 10.9 Å². The fraction of sp³-hybridized carbons (Fsp3) is 0.308. The van der Waals surface area contributed by atoms with Gasteiger partial charge in [0.15, 0.2) is 0 Å². The zero-order valence-electron chi connectivity index (χ0n) is 10.1. The zero-order valence-corrected chi connectivity index (χ0v) is 10.1. The van der Waals surface area contributed by atoms with Gasteiger partial charge in [-0.25, -0.2) is 0 Å². The Bertz CT molecular complexity index is 491. The first-order valence-electron chi connectivity index (χ1n) is 5.72. The number of H-pyrrole nitrogens is 1. The Morgan fingerprint density at radius 1 is 1.41 bits per heavy atom. The van der Waals surface area contributed by atoms with E-state index in [9.17, 15) is 4.79 Å². The highest BCUT2D eigenvalue weighted by atomic mass is 16.4. The van der Waals surface area contributed by atoms with Crippen molar-refractivity contribution in [2.24, 2.45) is 5.73 Å². The van der Waals surface area contributed by atoms with Gasteiger partial charge in [-0.2, -0.15) is 0 Å². The summed E-state index contributed by atoms with van der Waals surface area (Å²) in [6.45, 7) is 4.00. The largest absolute Gasteiger partial charge is 0.480 e. The van der Waals surface area contributed by atoms with Crippen LogP contribution in [0.2, 0.25) is 0 Å². The number of benzene rings is 1. The Balaban J connectivity index is 0.000000686. The lowest BCUT2D eigenvalue weighted by Gasteiger charge is -2.04. The van der Waals surface area contributed by atoms with Crippen LogP contribution in [0, 0.1) is 0 Å². The molecular weight excluding hydrogens is 216 g/mol. The number of fused-ring (bicyclic) bond motifs is 1. The van der Waals surface area contributed by atoms with Crippen LogP contribution in [0.15, 0.2) is 30.5 Å². The Kier molecular flexibility index (Phi) is 4.72. The second kappa shape index (κ2) is 6.06. The number of hydrogen-bond acceptors (Lipinski definition) is 2. The zero-order chi connectivity index (χ0) is 12.8. The van der Waals surface area contributed by atoms with Crippen molar-refractivity contribution >= 4 is 16.9 Å². The second-order valence-corrected chi connectivity index (χ2v) is 3.51. The smallest absolute Gasteiger partial charge is 0.320 e. The molecule has 0 spiro atoms. The van der Waals surface area contributed by atoms with E-state index < -0.39 is 12.0 Å². The molecule has 4 N–H and O–H groups in total. The topological polar surface area (TPSA) is 79.1 Å². The van der Waals surface area contributed by atoms with Gasteiger partial charge in [-0.1, -0.05) is 32.0 Å². The van der Waals surface area contributed by atoms with Crippen molar-refractivity contribution in [1.29, 1.82) is 0 Å². The van der Waals surface area contributed by atoms with Gasteiger partial charge in [0.2, 0.25) is 0 Å². The Labute approximate surface area is 100 Å². The van der Waals surface area contributed by atoms with Gasteiger partial charge in [-0.05, 0) is 11.6 Å². The van der Waals surface area contributed by atoms with Gasteiger partial charge in [0.1, 0.15) is 6.04 Å². The predicted molar refractivity (Wildman–Crippen MR) is 69.0 cm³/mol. The molecule has 0 saturated heterocycles. The minimum atomic E-state index is -0.972. The third kappa shape index (κ3) is 3.07. The maximum Gasteiger partial charge on any atom is 0.320 e. The number of hydrogen-bond donors (Lipinski definition) is 3. The van der Waals surface area contributed by atoms with Crippen molar-refractivity contribution in [3.63, 3.8) is 0 Å². The molecule has 1 heterocycles. The summed E-state index contributed by atoms with van der Waals surface area (Å²) in [5.41, 5.74) is 7.43. The number of para-hydroxylation sites is 1. The van der Waals surface area contributed by atoms with Crippen molar-refractivity contribution in [3.05, 3.63) is 36.0 Å². The van der Waals surface area contributed by atoms with Crippen LogP contribution >= 0.6 is 0 Å². The molecule has 0 saturated carbocycles. The second-order valence-electron chi connectivity index (χ2n) is 3.51. The number of aromatic amines is 1. The minimum Gasteiger partial charge on any atom is -0.480 e. The average Bonchev–Trinajstić information content (AvgIpc) is 2.75. The van der Waals surface area contributed by atoms with Crippen LogP contribution in [0.5, 0.6) is 0 Å². The Morgan fingerprint density at radius 2 is 2.06 bits per heavy atom. The van der Waals surface area contributed by atoms with Crippen LogP contribution < -0.4 is 5.73 Å². The molecule has 0 aliphatic rings. The SMILES string of the molecule is CC.N[C@@H](Cc1c[nH]c2ccccc12)C(=O)O. The molecule has 0 aliphatic carbocycles. The van der Waals surface area contributed by atoms with Gasteiger partial charge in [0.05, 0.1) is 0 Å². The van der Waals surface area contributed by atoms with Crippen molar-refractivity contribution in [3.8, 4) is 0 Å². The number of nitrogens with one attached hydrogen (secondary N) is 1. The fourth-order valence-electron chi connectivity index (χ4n) is 1.62. The molecule has 1 aromatic heterocycles.